The van der Waals surface area contributed by atoms with Gasteiger partial charge < -0.3 is 5.11 Å². The lowest BCUT2D eigenvalue weighted by Crippen LogP contribution is -2.16. The first-order chi connectivity index (χ1) is 7.61. The van der Waals surface area contributed by atoms with Gasteiger partial charge in [-0.25, -0.2) is 0 Å². The predicted octanol–water partition coefficient (Wildman–Crippen LogP) is 3.00. The molecular formula is C12H19ClN2O. The van der Waals surface area contributed by atoms with E-state index in [9.17, 15) is 5.11 Å². The number of aliphatic hydroxyl groups excluding tert-OH is 1. The number of hydrogen-bond donors (Lipinski definition) is 1. The van der Waals surface area contributed by atoms with Crippen molar-refractivity contribution in [2.24, 2.45) is 13.0 Å². The highest BCUT2D eigenvalue weighted by molar-refractivity contribution is 6.30. The number of halogens is 1. The van der Waals surface area contributed by atoms with Gasteiger partial charge in [0.25, 0.3) is 0 Å². The molecular weight excluding hydrogens is 224 g/mol. The van der Waals surface area contributed by atoms with Gasteiger partial charge in [-0.1, -0.05) is 30.9 Å². The second kappa shape index (κ2) is 4.76. The minimum absolute atomic E-state index is 0.356. The Hall–Kier alpha value is -0.540. The molecule has 0 aromatic carbocycles. The quantitative estimate of drug-likeness (QED) is 0.866. The third-order valence-corrected chi connectivity index (χ3v) is 4.04. The van der Waals surface area contributed by atoms with E-state index in [1.807, 2.05) is 14.0 Å². The van der Waals surface area contributed by atoms with E-state index >= 15 is 0 Å². The molecule has 1 aliphatic rings. The average molecular weight is 243 g/mol. The summed E-state index contributed by atoms with van der Waals surface area (Å²) in [4.78, 5) is 0. The lowest BCUT2D eigenvalue weighted by atomic mass is 9.83. The van der Waals surface area contributed by atoms with Gasteiger partial charge in [-0.2, -0.15) is 5.10 Å². The molecule has 1 atom stereocenters. The van der Waals surface area contributed by atoms with Gasteiger partial charge in [-0.3, -0.25) is 4.68 Å². The fraction of sp³-hybridized carbons (Fsp3) is 0.750. The van der Waals surface area contributed by atoms with Gasteiger partial charge in [0.2, 0.25) is 0 Å². The molecule has 1 aromatic rings. The van der Waals surface area contributed by atoms with E-state index in [1.54, 1.807) is 4.68 Å². The largest absolute Gasteiger partial charge is 0.388 e. The Bertz CT molecular complexity index is 369. The molecule has 1 N–H and O–H groups in total. The first-order valence-corrected chi connectivity index (χ1v) is 6.36. The molecule has 0 bridgehead atoms. The summed E-state index contributed by atoms with van der Waals surface area (Å²) in [7, 11) is 1.81. The summed E-state index contributed by atoms with van der Waals surface area (Å²) in [6.07, 6.45) is 5.50. The molecule has 90 valence electrons. The van der Waals surface area contributed by atoms with E-state index in [0.717, 1.165) is 24.1 Å². The fourth-order valence-corrected chi connectivity index (χ4v) is 2.95. The number of aliphatic hydroxyl groups is 1. The number of aromatic nitrogens is 2. The minimum atomic E-state index is -0.443. The molecule has 0 aliphatic heterocycles. The number of nitrogens with zero attached hydrogens (tertiary/aromatic N) is 2. The molecule has 0 saturated heterocycles. The Morgan fingerprint density at radius 3 is 2.50 bits per heavy atom. The minimum Gasteiger partial charge on any atom is -0.388 e. The van der Waals surface area contributed by atoms with Crippen molar-refractivity contribution in [3.63, 3.8) is 0 Å². The van der Waals surface area contributed by atoms with Crippen LogP contribution in [-0.4, -0.2) is 14.9 Å². The molecule has 1 aliphatic carbocycles. The van der Waals surface area contributed by atoms with Crippen LogP contribution >= 0.6 is 11.6 Å². The zero-order chi connectivity index (χ0) is 11.7. The van der Waals surface area contributed by atoms with Crippen molar-refractivity contribution in [3.05, 3.63) is 16.4 Å². The van der Waals surface area contributed by atoms with Crippen molar-refractivity contribution in [2.75, 3.05) is 0 Å². The van der Waals surface area contributed by atoms with Crippen LogP contribution in [0.15, 0.2) is 0 Å². The van der Waals surface area contributed by atoms with E-state index in [2.05, 4.69) is 5.10 Å². The third kappa shape index (κ3) is 2.11. The topological polar surface area (TPSA) is 38.0 Å². The Kier molecular flexibility index (Phi) is 3.55. The third-order valence-electron chi connectivity index (χ3n) is 3.59. The standard InChI is InChI=1S/C12H19ClN2O/c1-8-10(12(13)15(2)14-8)11(16)9-6-4-3-5-7-9/h9,11,16H,3-7H2,1-2H3. The molecule has 16 heavy (non-hydrogen) atoms. The molecule has 1 fully saturated rings. The van der Waals surface area contributed by atoms with Crippen molar-refractivity contribution in [1.82, 2.24) is 9.78 Å². The number of rotatable bonds is 2. The first kappa shape index (κ1) is 11.9. The molecule has 0 amide bonds. The van der Waals surface area contributed by atoms with Gasteiger partial charge in [0, 0.05) is 12.6 Å². The molecule has 3 nitrogen and oxygen atoms in total. The van der Waals surface area contributed by atoms with Crippen LogP contribution < -0.4 is 0 Å². The van der Waals surface area contributed by atoms with Gasteiger partial charge in [-0.15, -0.1) is 0 Å². The summed E-state index contributed by atoms with van der Waals surface area (Å²) in [5.74, 6) is 0.356. The van der Waals surface area contributed by atoms with Crippen molar-refractivity contribution < 1.29 is 5.11 Å². The maximum Gasteiger partial charge on any atom is 0.132 e. The van der Waals surface area contributed by atoms with Crippen molar-refractivity contribution in [1.29, 1.82) is 0 Å². The van der Waals surface area contributed by atoms with Crippen LogP contribution in [0, 0.1) is 12.8 Å². The van der Waals surface area contributed by atoms with Crippen LogP contribution in [0.5, 0.6) is 0 Å². The molecule has 1 unspecified atom stereocenters. The van der Waals surface area contributed by atoms with Crippen molar-refractivity contribution in [3.8, 4) is 0 Å². The van der Waals surface area contributed by atoms with Crippen LogP contribution in [-0.2, 0) is 7.05 Å². The summed E-state index contributed by atoms with van der Waals surface area (Å²) in [5.41, 5.74) is 1.68. The maximum atomic E-state index is 10.4. The Morgan fingerprint density at radius 1 is 1.38 bits per heavy atom. The molecule has 1 aromatic heterocycles. The second-order valence-electron chi connectivity index (χ2n) is 4.76. The van der Waals surface area contributed by atoms with Gasteiger partial charge in [-0.05, 0) is 25.7 Å². The van der Waals surface area contributed by atoms with Crippen LogP contribution in [0.3, 0.4) is 0 Å². The molecule has 0 spiro atoms. The van der Waals surface area contributed by atoms with Crippen LogP contribution in [0.1, 0.15) is 49.5 Å². The summed E-state index contributed by atoms with van der Waals surface area (Å²) in [5, 5.41) is 15.2. The fourth-order valence-electron chi connectivity index (χ4n) is 2.67. The van der Waals surface area contributed by atoms with E-state index in [-0.39, 0.29) is 0 Å². The van der Waals surface area contributed by atoms with E-state index in [4.69, 9.17) is 11.6 Å². The Morgan fingerprint density at radius 2 is 2.00 bits per heavy atom. The highest BCUT2D eigenvalue weighted by Crippen LogP contribution is 2.37. The summed E-state index contributed by atoms with van der Waals surface area (Å²) < 4.78 is 1.64. The highest BCUT2D eigenvalue weighted by Gasteiger charge is 2.28. The monoisotopic (exact) mass is 242 g/mol. The summed E-state index contributed by atoms with van der Waals surface area (Å²) >= 11 is 6.17. The van der Waals surface area contributed by atoms with Gasteiger partial charge in [0.1, 0.15) is 5.15 Å². The number of aryl methyl sites for hydroxylation is 2. The average Bonchev–Trinajstić information content (AvgIpc) is 2.54. The van der Waals surface area contributed by atoms with Crippen LogP contribution in [0.4, 0.5) is 0 Å². The molecule has 1 saturated carbocycles. The van der Waals surface area contributed by atoms with Gasteiger partial charge in [0.05, 0.1) is 11.8 Å². The second-order valence-corrected chi connectivity index (χ2v) is 5.11. The van der Waals surface area contributed by atoms with Crippen LogP contribution in [0.25, 0.3) is 0 Å². The van der Waals surface area contributed by atoms with E-state index < -0.39 is 6.10 Å². The van der Waals surface area contributed by atoms with E-state index in [0.29, 0.717) is 11.1 Å². The first-order valence-electron chi connectivity index (χ1n) is 5.98. The zero-order valence-corrected chi connectivity index (χ0v) is 10.7. The summed E-state index contributed by atoms with van der Waals surface area (Å²) in [6.45, 7) is 1.91. The Balaban J connectivity index is 2.22. The smallest absolute Gasteiger partial charge is 0.132 e. The van der Waals surface area contributed by atoms with Crippen molar-refractivity contribution in [2.45, 2.75) is 45.1 Å². The molecule has 2 rings (SSSR count). The van der Waals surface area contributed by atoms with E-state index in [1.165, 1.54) is 19.3 Å². The normalized spacial score (nSPS) is 20.0. The lowest BCUT2D eigenvalue weighted by Gasteiger charge is -2.26. The molecule has 4 heteroatoms. The Labute approximate surface area is 101 Å². The predicted molar refractivity (Wildman–Crippen MR) is 64.5 cm³/mol. The van der Waals surface area contributed by atoms with Gasteiger partial charge >= 0.3 is 0 Å². The highest BCUT2D eigenvalue weighted by atomic mass is 35.5. The van der Waals surface area contributed by atoms with Gasteiger partial charge in [0.15, 0.2) is 0 Å². The van der Waals surface area contributed by atoms with Crippen LogP contribution in [0.2, 0.25) is 5.15 Å². The lowest BCUT2D eigenvalue weighted by molar-refractivity contribution is 0.0843. The summed E-state index contributed by atoms with van der Waals surface area (Å²) in [6, 6.07) is 0. The van der Waals surface area contributed by atoms with Crippen molar-refractivity contribution >= 4 is 11.6 Å². The zero-order valence-electron chi connectivity index (χ0n) is 9.91. The number of hydrogen-bond acceptors (Lipinski definition) is 2. The molecule has 1 heterocycles. The SMILES string of the molecule is Cc1nn(C)c(Cl)c1C(O)C1CCCCC1. The molecule has 0 radical (unpaired) electrons. The maximum absolute atomic E-state index is 10.4.